The number of thiol groups is 1. The van der Waals surface area contributed by atoms with Gasteiger partial charge < -0.3 is 14.9 Å². The van der Waals surface area contributed by atoms with Crippen molar-refractivity contribution in [2.45, 2.75) is 32.7 Å². The summed E-state index contributed by atoms with van der Waals surface area (Å²) >= 11 is 4.48. The van der Waals surface area contributed by atoms with Crippen LogP contribution in [0.1, 0.15) is 31.0 Å². The molecule has 0 unspecified atom stereocenters. The van der Waals surface area contributed by atoms with Gasteiger partial charge in [0.1, 0.15) is 23.1 Å². The average Bonchev–Trinajstić information content (AvgIpc) is 2.96. The average molecular weight is 593 g/mol. The number of aryl methyl sites for hydroxylation is 1. The second kappa shape index (κ2) is 11.5. The van der Waals surface area contributed by atoms with E-state index in [0.29, 0.717) is 29.2 Å². The number of fused-ring (bicyclic) bond motifs is 1. The number of aromatic nitrogens is 4. The Morgan fingerprint density at radius 1 is 1.21 bits per heavy atom. The normalized spacial score (nSPS) is 15.5. The number of rotatable bonds is 6. The number of pyridine rings is 2. The van der Waals surface area contributed by atoms with Gasteiger partial charge in [0.15, 0.2) is 11.5 Å². The van der Waals surface area contributed by atoms with E-state index in [0.717, 1.165) is 12.1 Å². The summed E-state index contributed by atoms with van der Waals surface area (Å²) in [6.07, 6.45) is 2.88. The van der Waals surface area contributed by atoms with E-state index in [2.05, 4.69) is 34.2 Å². The number of hydrogen-bond acceptors (Lipinski definition) is 8. The largest absolute Gasteiger partial charge is 0.507 e. The lowest BCUT2D eigenvalue weighted by Gasteiger charge is -2.41. The number of benzene rings is 1. The van der Waals surface area contributed by atoms with Gasteiger partial charge in [-0.05, 0) is 48.7 Å². The molecule has 1 N–H and O–H groups in total. The molecule has 0 bridgehead atoms. The molecular formula is C30H30F2N6O3S. The number of halogens is 2. The van der Waals surface area contributed by atoms with Crippen LogP contribution < -0.4 is 10.6 Å². The van der Waals surface area contributed by atoms with Crippen molar-refractivity contribution in [3.63, 3.8) is 0 Å². The van der Waals surface area contributed by atoms with Gasteiger partial charge in [0.2, 0.25) is 5.91 Å². The Labute approximate surface area is 246 Å². The summed E-state index contributed by atoms with van der Waals surface area (Å²) in [5.74, 6) is -2.13. The molecule has 4 aromatic rings. The van der Waals surface area contributed by atoms with Crippen LogP contribution in [0, 0.1) is 18.6 Å². The summed E-state index contributed by atoms with van der Waals surface area (Å²) in [6.45, 7) is 10.1. The van der Waals surface area contributed by atoms with Crippen molar-refractivity contribution in [2.75, 3.05) is 30.3 Å². The number of phenols is 1. The van der Waals surface area contributed by atoms with E-state index in [-0.39, 0.29) is 47.8 Å². The van der Waals surface area contributed by atoms with Gasteiger partial charge in [-0.15, -0.1) is 0 Å². The predicted octanol–water partition coefficient (Wildman–Crippen LogP) is 4.39. The number of aromatic hydroxyl groups is 1. The Kier molecular flexibility index (Phi) is 8.00. The fourth-order valence-electron chi connectivity index (χ4n) is 5.35. The molecule has 1 aromatic carbocycles. The zero-order valence-corrected chi connectivity index (χ0v) is 24.3. The predicted molar refractivity (Wildman–Crippen MR) is 161 cm³/mol. The molecule has 0 radical (unpaired) electrons. The van der Waals surface area contributed by atoms with E-state index in [1.807, 2.05) is 25.7 Å². The Bertz CT molecular complexity index is 1760. The molecule has 1 saturated heterocycles. The molecule has 12 heteroatoms. The quantitative estimate of drug-likeness (QED) is 0.253. The van der Waals surface area contributed by atoms with Crippen molar-refractivity contribution in [3.05, 3.63) is 82.6 Å². The summed E-state index contributed by atoms with van der Waals surface area (Å²) < 4.78 is 32.1. The van der Waals surface area contributed by atoms with E-state index in [9.17, 15) is 19.1 Å². The van der Waals surface area contributed by atoms with Crippen LogP contribution in [0.3, 0.4) is 0 Å². The van der Waals surface area contributed by atoms with Gasteiger partial charge in [-0.2, -0.15) is 17.6 Å². The maximum Gasteiger partial charge on any atom is 0.355 e. The fourth-order valence-corrected chi connectivity index (χ4v) is 5.67. The molecular weight excluding hydrogens is 562 g/mol. The van der Waals surface area contributed by atoms with Crippen LogP contribution in [0.15, 0.2) is 54.0 Å². The van der Waals surface area contributed by atoms with Crippen LogP contribution in [-0.4, -0.2) is 66.9 Å². The summed E-state index contributed by atoms with van der Waals surface area (Å²) in [5, 5.41) is 10.7. The highest BCUT2D eigenvalue weighted by Crippen LogP contribution is 2.37. The second-order valence-electron chi connectivity index (χ2n) is 10.4. The standard InChI is InChI=1S/C30H30F2N6O3S/c1-5-23(40)36-11-12-37(18(14-36)15-42)28-19-13-21(32)26(24-20(31)7-6-8-22(24)39)34-29(19)38(30(41)35-28)27-17(4)9-10-33-25(27)16(2)3/h5-10,13,16,18,39,42H,1,11-12,14-15H2,2-4H3/t18-/m1/s1. The molecule has 0 saturated carbocycles. The number of carbonyl (C=O) groups excluding carboxylic acids is 1. The van der Waals surface area contributed by atoms with Gasteiger partial charge in [0.25, 0.3) is 0 Å². The van der Waals surface area contributed by atoms with Crippen LogP contribution in [0.4, 0.5) is 14.6 Å². The number of hydrogen-bond donors (Lipinski definition) is 2. The van der Waals surface area contributed by atoms with Crippen LogP contribution >= 0.6 is 12.6 Å². The SMILES string of the molecule is C=CC(=O)N1CCN(c2nc(=O)n(-c3c(C)ccnc3C(C)C)c3nc(-c4c(O)cccc4F)c(F)cc23)[C@@H](CS)C1. The van der Waals surface area contributed by atoms with Crippen LogP contribution in [0.2, 0.25) is 0 Å². The molecule has 1 atom stereocenters. The fraction of sp³-hybridized carbons (Fsp3) is 0.300. The topological polar surface area (TPSA) is 104 Å². The van der Waals surface area contributed by atoms with Crippen molar-refractivity contribution in [3.8, 4) is 22.7 Å². The van der Waals surface area contributed by atoms with Crippen molar-refractivity contribution >= 4 is 35.4 Å². The number of anilines is 1. The van der Waals surface area contributed by atoms with Gasteiger partial charge in [0, 0.05) is 31.6 Å². The van der Waals surface area contributed by atoms with Crippen LogP contribution in [-0.2, 0) is 4.79 Å². The maximum absolute atomic E-state index is 15.9. The lowest BCUT2D eigenvalue weighted by Crippen LogP contribution is -2.56. The number of piperazine rings is 1. The molecule has 1 amide bonds. The first-order chi connectivity index (χ1) is 20.1. The molecule has 0 aliphatic carbocycles. The van der Waals surface area contributed by atoms with Gasteiger partial charge >= 0.3 is 5.69 Å². The van der Waals surface area contributed by atoms with Gasteiger partial charge in [-0.3, -0.25) is 9.78 Å². The van der Waals surface area contributed by atoms with Gasteiger partial charge in [-0.25, -0.2) is 23.1 Å². The lowest BCUT2D eigenvalue weighted by molar-refractivity contribution is -0.126. The van der Waals surface area contributed by atoms with Crippen LogP contribution in [0.25, 0.3) is 28.0 Å². The highest BCUT2D eigenvalue weighted by atomic mass is 32.1. The van der Waals surface area contributed by atoms with E-state index < -0.39 is 34.3 Å². The molecule has 0 spiro atoms. The molecule has 3 aromatic heterocycles. The molecule has 5 rings (SSSR count). The molecule has 42 heavy (non-hydrogen) atoms. The zero-order chi connectivity index (χ0) is 30.3. The minimum atomic E-state index is -0.911. The first-order valence-corrected chi connectivity index (χ1v) is 14.1. The summed E-state index contributed by atoms with van der Waals surface area (Å²) in [4.78, 5) is 43.1. The molecule has 1 aliphatic rings. The Morgan fingerprint density at radius 2 is 1.98 bits per heavy atom. The Morgan fingerprint density at radius 3 is 2.64 bits per heavy atom. The van der Waals surface area contributed by atoms with E-state index in [4.69, 9.17) is 0 Å². The van der Waals surface area contributed by atoms with Crippen molar-refractivity contribution in [1.29, 1.82) is 0 Å². The Hall–Kier alpha value is -4.32. The lowest BCUT2D eigenvalue weighted by atomic mass is 10.0. The Balaban J connectivity index is 1.84. The highest BCUT2D eigenvalue weighted by molar-refractivity contribution is 7.80. The third kappa shape index (κ3) is 5.00. The monoisotopic (exact) mass is 592 g/mol. The summed E-state index contributed by atoms with van der Waals surface area (Å²) in [6, 6.07) is 6.16. The van der Waals surface area contributed by atoms with Gasteiger partial charge in [-0.1, -0.05) is 26.5 Å². The molecule has 9 nitrogen and oxygen atoms in total. The molecule has 218 valence electrons. The second-order valence-corrected chi connectivity index (χ2v) is 10.8. The third-order valence-electron chi connectivity index (χ3n) is 7.41. The molecule has 1 fully saturated rings. The highest BCUT2D eigenvalue weighted by Gasteiger charge is 2.32. The smallest absolute Gasteiger partial charge is 0.355 e. The minimum absolute atomic E-state index is 0.0181. The van der Waals surface area contributed by atoms with Crippen LogP contribution in [0.5, 0.6) is 5.75 Å². The molecule has 1 aliphatic heterocycles. The number of nitrogens with zero attached hydrogens (tertiary/aromatic N) is 6. The zero-order valence-electron chi connectivity index (χ0n) is 23.4. The third-order valence-corrected chi connectivity index (χ3v) is 7.83. The maximum atomic E-state index is 15.9. The van der Waals surface area contributed by atoms with E-state index in [1.165, 1.54) is 22.8 Å². The minimum Gasteiger partial charge on any atom is -0.507 e. The van der Waals surface area contributed by atoms with Crippen molar-refractivity contribution in [1.82, 2.24) is 24.4 Å². The summed E-state index contributed by atoms with van der Waals surface area (Å²) in [5.41, 5.74) is 0.188. The van der Waals surface area contributed by atoms with Crippen molar-refractivity contribution in [2.24, 2.45) is 0 Å². The number of carbonyl (C=O) groups is 1. The summed E-state index contributed by atoms with van der Waals surface area (Å²) in [7, 11) is 0. The van der Waals surface area contributed by atoms with Crippen molar-refractivity contribution < 1.29 is 18.7 Å². The van der Waals surface area contributed by atoms with E-state index >= 15 is 4.39 Å². The first-order valence-electron chi connectivity index (χ1n) is 13.4. The number of amides is 1. The molecule has 4 heterocycles. The first kappa shape index (κ1) is 29.2. The van der Waals surface area contributed by atoms with E-state index in [1.54, 1.807) is 17.2 Å². The number of phenolic OH excluding ortho intramolecular Hbond substituents is 1. The van der Waals surface area contributed by atoms with Gasteiger partial charge in [0.05, 0.1) is 28.4 Å².